The molecule has 0 saturated heterocycles. The summed E-state index contributed by atoms with van der Waals surface area (Å²) in [6.45, 7) is 14.2. The first-order valence-corrected chi connectivity index (χ1v) is 22.0. The molecule has 1 aliphatic carbocycles. The summed E-state index contributed by atoms with van der Waals surface area (Å²) < 4.78 is 5.07. The van der Waals surface area contributed by atoms with E-state index in [9.17, 15) is 63.4 Å². The van der Waals surface area contributed by atoms with Crippen LogP contribution >= 0.6 is 0 Å². The van der Waals surface area contributed by atoms with Gasteiger partial charge in [0, 0.05) is 25.7 Å². The number of carboxylic acids is 3. The number of carbonyl (C=O) groups excluding carboxylic acids is 6. The van der Waals surface area contributed by atoms with Crippen LogP contribution in [0.2, 0.25) is 0 Å². The second-order valence-electron chi connectivity index (χ2n) is 17.9. The van der Waals surface area contributed by atoms with Crippen LogP contribution in [0.3, 0.4) is 0 Å². The zero-order valence-corrected chi connectivity index (χ0v) is 38.5. The summed E-state index contributed by atoms with van der Waals surface area (Å²) in [4.78, 5) is 117. The first kappa shape index (κ1) is 56.3. The molecular weight excluding hydrogens is 863 g/mol. The molecule has 0 aromatic heterocycles. The molecule has 366 valence electrons. The van der Waals surface area contributed by atoms with Crippen LogP contribution in [-0.2, 0) is 54.2 Å². The highest BCUT2D eigenvalue weighted by molar-refractivity contribution is 6.32. The number of nitrogens with one attached hydrogen (secondary N) is 6. The third kappa shape index (κ3) is 19.3. The maximum atomic E-state index is 14.6. The van der Waals surface area contributed by atoms with Gasteiger partial charge in [0.15, 0.2) is 0 Å². The normalized spacial score (nSPS) is 16.0. The minimum Gasteiger partial charge on any atom is -0.481 e. The molecule has 2 rings (SSSR count). The van der Waals surface area contributed by atoms with Crippen molar-refractivity contribution < 1.29 is 73.2 Å². The molecule has 0 heterocycles. The molecule has 0 spiro atoms. The number of benzene rings is 1. The highest BCUT2D eigenvalue weighted by Crippen LogP contribution is 2.37. The number of carbonyl (C=O) groups is 9. The Kier molecular flexibility index (Phi) is 23.0. The van der Waals surface area contributed by atoms with Gasteiger partial charge in [0.1, 0.15) is 36.4 Å². The van der Waals surface area contributed by atoms with Crippen molar-refractivity contribution >= 4 is 60.7 Å². The van der Waals surface area contributed by atoms with Gasteiger partial charge in [-0.1, -0.05) is 90.6 Å². The smallest absolute Gasteiger partial charge is 0.481 e. The molecule has 0 bridgehead atoms. The second-order valence-corrected chi connectivity index (χ2v) is 17.9. The van der Waals surface area contributed by atoms with E-state index in [2.05, 4.69) is 38.5 Å². The molecule has 1 aliphatic rings. The van der Waals surface area contributed by atoms with Crippen LogP contribution in [0.4, 0.5) is 0 Å². The Morgan fingerprint density at radius 3 is 1.85 bits per heavy atom. The molecule has 1 saturated carbocycles. The molecule has 7 atom stereocenters. The molecule has 1 fully saturated rings. The Morgan fingerprint density at radius 2 is 1.32 bits per heavy atom. The van der Waals surface area contributed by atoms with Gasteiger partial charge >= 0.3 is 25.2 Å². The third-order valence-corrected chi connectivity index (χ3v) is 11.3. The van der Waals surface area contributed by atoms with Crippen molar-refractivity contribution in [1.82, 2.24) is 31.9 Å². The fourth-order valence-corrected chi connectivity index (χ4v) is 7.95. The summed E-state index contributed by atoms with van der Waals surface area (Å²) in [5.41, 5.74) is 0.262. The monoisotopic (exact) mass is 930 g/mol. The fourth-order valence-electron chi connectivity index (χ4n) is 7.95. The van der Waals surface area contributed by atoms with Crippen LogP contribution in [-0.4, -0.2) is 122 Å². The lowest BCUT2D eigenvalue weighted by molar-refractivity contribution is -0.142. The summed E-state index contributed by atoms with van der Waals surface area (Å²) in [5, 5.41) is 62.1. The van der Waals surface area contributed by atoms with Crippen LogP contribution in [0.25, 0.3) is 0 Å². The summed E-state index contributed by atoms with van der Waals surface area (Å²) in [7, 11) is -2.23. The Labute approximate surface area is 384 Å². The molecule has 1 aromatic rings. The number of hydrogen-bond acceptors (Lipinski definition) is 12. The second kappa shape index (κ2) is 26.9. The van der Waals surface area contributed by atoms with Gasteiger partial charge in [-0.2, -0.15) is 0 Å². The van der Waals surface area contributed by atoms with Crippen molar-refractivity contribution in [2.45, 2.75) is 149 Å². The minimum atomic E-state index is -2.23. The zero-order chi connectivity index (χ0) is 49.9. The lowest BCUT2D eigenvalue weighted by atomic mass is 9.76. The number of aryl methyl sites for hydroxylation is 1. The standard InChI is InChI=1S/C44H67BN6O15/c1-8-13-32(66-45(64)65)49-42(62)37(36(24(2)3)26-15-11-12-16-26)50-43(63)38(44(5,6)7)51-41(61)29(22-27-17-10-9-14-25(27)4)48-39(59)28(18-20-33(53)54)47-40(60)30(23-35(57)58)46-31(52)19-21-34(55)56/h8-10,14,17,24,26,28-30,32,36-38,64-65H,1,11-13,15-16,18-23H2,2-7H3,(H,46,52)(H,47,60)(H,48,59)(H,49,62)(H,50,63)(H,51,61)(H,53,54)(H,55,56)(H,57,58)/t28-,29-,30-,32?,36?,37-,38+/m0/s1. The molecule has 22 heteroatoms. The minimum absolute atomic E-state index is 0.0105. The van der Waals surface area contributed by atoms with Gasteiger partial charge in [-0.25, -0.2) is 0 Å². The average molecular weight is 931 g/mol. The van der Waals surface area contributed by atoms with Gasteiger partial charge in [-0.15, -0.1) is 6.58 Å². The van der Waals surface area contributed by atoms with E-state index in [1.807, 2.05) is 13.8 Å². The Balaban J connectivity index is 2.57. The Hall–Kier alpha value is -5.87. The lowest BCUT2D eigenvalue weighted by Crippen LogP contribution is -2.63. The van der Waals surface area contributed by atoms with Gasteiger partial charge in [0.05, 0.1) is 12.8 Å². The van der Waals surface area contributed by atoms with Crippen molar-refractivity contribution in [3.05, 3.63) is 48.0 Å². The molecule has 2 unspecified atom stereocenters. The predicted molar refractivity (Wildman–Crippen MR) is 238 cm³/mol. The Bertz CT molecular complexity index is 1880. The highest BCUT2D eigenvalue weighted by Gasteiger charge is 2.43. The van der Waals surface area contributed by atoms with Crippen molar-refractivity contribution in [1.29, 1.82) is 0 Å². The molecule has 11 N–H and O–H groups in total. The van der Waals surface area contributed by atoms with E-state index in [0.29, 0.717) is 11.1 Å². The summed E-state index contributed by atoms with van der Waals surface area (Å²) in [6, 6.07) is -0.671. The number of rotatable bonds is 28. The van der Waals surface area contributed by atoms with Gasteiger partial charge < -0.3 is 61.9 Å². The molecule has 66 heavy (non-hydrogen) atoms. The van der Waals surface area contributed by atoms with Crippen molar-refractivity contribution in [2.24, 2.45) is 23.2 Å². The summed E-state index contributed by atoms with van der Waals surface area (Å²) in [5.74, 6) is -10.3. The highest BCUT2D eigenvalue weighted by atomic mass is 16.6. The van der Waals surface area contributed by atoms with Crippen LogP contribution in [0.1, 0.15) is 110 Å². The van der Waals surface area contributed by atoms with E-state index in [4.69, 9.17) is 9.76 Å². The molecular formula is C44H67BN6O15. The van der Waals surface area contributed by atoms with Crippen LogP contribution < -0.4 is 31.9 Å². The van der Waals surface area contributed by atoms with E-state index in [1.165, 1.54) is 6.08 Å². The van der Waals surface area contributed by atoms with Crippen LogP contribution in [0.5, 0.6) is 0 Å². The van der Waals surface area contributed by atoms with E-state index >= 15 is 0 Å². The first-order valence-electron chi connectivity index (χ1n) is 22.0. The fraction of sp³-hybridized carbons (Fsp3) is 0.614. The third-order valence-electron chi connectivity index (χ3n) is 11.3. The van der Waals surface area contributed by atoms with E-state index in [0.717, 1.165) is 25.7 Å². The van der Waals surface area contributed by atoms with Crippen molar-refractivity contribution in [3.63, 3.8) is 0 Å². The number of hydrogen-bond donors (Lipinski definition) is 11. The van der Waals surface area contributed by atoms with E-state index in [1.54, 1.807) is 52.0 Å². The molecule has 0 radical (unpaired) electrons. The van der Waals surface area contributed by atoms with Gasteiger partial charge in [0.25, 0.3) is 0 Å². The van der Waals surface area contributed by atoms with Gasteiger partial charge in [-0.3, -0.25) is 43.2 Å². The van der Waals surface area contributed by atoms with Crippen LogP contribution in [0, 0.1) is 30.1 Å². The van der Waals surface area contributed by atoms with Gasteiger partial charge in [-0.05, 0) is 47.6 Å². The lowest BCUT2D eigenvalue weighted by Gasteiger charge is -2.38. The SMILES string of the molecule is C=CCC(NC(=O)[C@@H](NC(=O)[C@@H](NC(=O)[C@H](Cc1ccccc1C)NC(=O)[C@H](CCC(=O)O)NC(=O)[C@H](CC(=O)O)NC(=O)CCC(=O)O)C(C)(C)C)C(C(C)C)C1CCCC1)OB(O)O. The number of aliphatic carboxylic acids is 3. The van der Waals surface area contributed by atoms with E-state index < -0.39 is 141 Å². The van der Waals surface area contributed by atoms with Crippen LogP contribution in [0.15, 0.2) is 36.9 Å². The molecule has 6 amide bonds. The number of amides is 6. The molecule has 1 aromatic carbocycles. The Morgan fingerprint density at radius 1 is 0.742 bits per heavy atom. The zero-order valence-electron chi connectivity index (χ0n) is 38.5. The summed E-state index contributed by atoms with van der Waals surface area (Å²) >= 11 is 0. The topological polar surface area (TPSA) is 336 Å². The number of carboxylic acid groups (broad SMARTS) is 3. The first-order chi connectivity index (χ1) is 30.8. The van der Waals surface area contributed by atoms with Gasteiger partial charge in [0.2, 0.25) is 35.4 Å². The molecule has 21 nitrogen and oxygen atoms in total. The maximum Gasteiger partial charge on any atom is 0.635 e. The molecule has 0 aliphatic heterocycles. The average Bonchev–Trinajstić information content (AvgIpc) is 3.73. The predicted octanol–water partition coefficient (Wildman–Crippen LogP) is 0.679. The van der Waals surface area contributed by atoms with E-state index in [-0.39, 0.29) is 24.7 Å². The van der Waals surface area contributed by atoms with Crippen molar-refractivity contribution in [3.8, 4) is 0 Å². The summed E-state index contributed by atoms with van der Waals surface area (Å²) in [6.07, 6.45) is -0.0273. The largest absolute Gasteiger partial charge is 0.635 e. The maximum absolute atomic E-state index is 14.6. The van der Waals surface area contributed by atoms with Crippen molar-refractivity contribution in [2.75, 3.05) is 0 Å². The quantitative estimate of drug-likeness (QED) is 0.0313.